The zero-order valence-electron chi connectivity index (χ0n) is 49.3. The number of phenolic OH excluding ortho intramolecular Hbond substituents is 1. The fourth-order valence-electron chi connectivity index (χ4n) is 7.18. The quantitative estimate of drug-likeness (QED) is 0.133. The first-order valence-corrected chi connectivity index (χ1v) is 27.1. The summed E-state index contributed by atoms with van der Waals surface area (Å²) in [5, 5.41) is 8.92. The smallest absolute Gasteiger partial charge is 0.231 e. The molecule has 0 spiro atoms. The molecule has 0 bridgehead atoms. The number of benzene rings is 7. The van der Waals surface area contributed by atoms with Crippen LogP contribution < -0.4 is 14.2 Å². The number of para-hydroxylation sites is 1. The third-order valence-corrected chi connectivity index (χ3v) is 12.4. The van der Waals surface area contributed by atoms with Gasteiger partial charge in [0, 0.05) is 0 Å². The van der Waals surface area contributed by atoms with E-state index in [-0.39, 0.29) is 5.41 Å². The number of aromatic hydroxyl groups is 1. The Balaban J connectivity index is 0.000000298. The lowest BCUT2D eigenvalue weighted by Crippen LogP contribution is -2.10. The number of allylic oxidation sites excluding steroid dienone is 4. The summed E-state index contributed by atoms with van der Waals surface area (Å²) in [7, 11) is 0. The van der Waals surface area contributed by atoms with E-state index < -0.39 is 0 Å². The van der Waals surface area contributed by atoms with Crippen molar-refractivity contribution in [2.75, 3.05) is 13.4 Å². The topological polar surface area (TPSA) is 47.9 Å². The number of unbranched alkanes of at least 4 members (excludes halogenated alkanes) is 1. The highest BCUT2D eigenvalue weighted by Crippen LogP contribution is 2.32. The number of hydrogen-bond acceptors (Lipinski definition) is 4. The van der Waals surface area contributed by atoms with Gasteiger partial charge in [0.15, 0.2) is 11.5 Å². The van der Waals surface area contributed by atoms with Gasteiger partial charge < -0.3 is 19.3 Å². The third kappa shape index (κ3) is 29.2. The van der Waals surface area contributed by atoms with Crippen molar-refractivity contribution in [3.8, 4) is 23.0 Å². The van der Waals surface area contributed by atoms with Gasteiger partial charge in [-0.3, -0.25) is 0 Å². The van der Waals surface area contributed by atoms with Gasteiger partial charge in [0.1, 0.15) is 11.5 Å². The van der Waals surface area contributed by atoms with Crippen molar-refractivity contribution in [3.05, 3.63) is 255 Å². The Morgan fingerprint density at radius 3 is 1.61 bits per heavy atom. The molecule has 1 aliphatic heterocycles. The molecule has 4 heteroatoms. The first kappa shape index (κ1) is 65.1. The molecule has 0 fully saturated rings. The molecule has 0 saturated carbocycles. The maximum Gasteiger partial charge on any atom is 0.231 e. The van der Waals surface area contributed by atoms with Crippen molar-refractivity contribution in [1.29, 1.82) is 0 Å². The van der Waals surface area contributed by atoms with Gasteiger partial charge in [-0.2, -0.15) is 0 Å². The van der Waals surface area contributed by atoms with Gasteiger partial charge in [-0.05, 0) is 177 Å². The molecule has 0 aromatic heterocycles. The molecule has 9 rings (SSSR count). The second-order valence-corrected chi connectivity index (χ2v) is 20.8. The molecular formula is C72H94O4. The molecule has 0 saturated heterocycles. The first-order valence-electron chi connectivity index (χ1n) is 27.1. The Hall–Kier alpha value is -7.04. The molecule has 2 aliphatic rings. The summed E-state index contributed by atoms with van der Waals surface area (Å²) in [6.45, 7) is 37.0. The van der Waals surface area contributed by atoms with Crippen molar-refractivity contribution in [2.24, 2.45) is 5.92 Å². The van der Waals surface area contributed by atoms with Gasteiger partial charge in [0.05, 0.1) is 6.61 Å². The van der Waals surface area contributed by atoms with Crippen molar-refractivity contribution < 1.29 is 19.3 Å². The highest BCUT2D eigenvalue weighted by Gasteiger charge is 2.13. The summed E-state index contributed by atoms with van der Waals surface area (Å²) in [6, 6.07) is 57.1. The molecule has 4 nitrogen and oxygen atoms in total. The maximum absolute atomic E-state index is 8.92. The van der Waals surface area contributed by atoms with E-state index in [1.54, 1.807) is 11.6 Å². The molecule has 0 unspecified atom stereocenters. The van der Waals surface area contributed by atoms with E-state index in [1.807, 2.05) is 112 Å². The largest absolute Gasteiger partial charge is 0.508 e. The summed E-state index contributed by atoms with van der Waals surface area (Å²) in [5.74, 6) is 3.83. The molecule has 0 amide bonds. The predicted molar refractivity (Wildman–Crippen MR) is 331 cm³/mol. The van der Waals surface area contributed by atoms with Crippen LogP contribution in [0.1, 0.15) is 136 Å². The summed E-state index contributed by atoms with van der Waals surface area (Å²) in [6.07, 6.45) is 12.6. The Morgan fingerprint density at radius 1 is 0.605 bits per heavy atom. The number of phenols is 1. The van der Waals surface area contributed by atoms with E-state index in [2.05, 4.69) is 181 Å². The normalized spacial score (nSPS) is 12.6. The van der Waals surface area contributed by atoms with E-state index in [4.69, 9.17) is 19.3 Å². The minimum atomic E-state index is 0.285. The molecule has 1 aliphatic carbocycles. The molecule has 1 heterocycles. The summed E-state index contributed by atoms with van der Waals surface area (Å²) in [4.78, 5) is 0. The van der Waals surface area contributed by atoms with Gasteiger partial charge in [-0.15, -0.1) is 0 Å². The van der Waals surface area contributed by atoms with Crippen LogP contribution in [0.15, 0.2) is 200 Å². The zero-order chi connectivity index (χ0) is 56.3. The molecule has 0 radical (unpaired) electrons. The van der Waals surface area contributed by atoms with Crippen LogP contribution in [0.4, 0.5) is 0 Å². The van der Waals surface area contributed by atoms with Crippen LogP contribution in [0.5, 0.6) is 23.0 Å². The summed E-state index contributed by atoms with van der Waals surface area (Å²) in [5.41, 5.74) is 16.0. The van der Waals surface area contributed by atoms with Gasteiger partial charge in [-0.1, -0.05) is 232 Å². The standard InChI is InChI=1S/C11H16O.C11H16.C10H16.C9H12.C9H10.C8H8O2.C7H8O.C7H8/c1-3-4-9-12-11-7-5-10(2)6-8-11;1-9-5-7-10(8-6-9)11(2,3)4;1-8(2)10-6-4-9(3)5-7-10;1-7-4-5-8(2)9(3)6-7;1-2-6-9-7-4-3-5-8-9;1-6-2-3-7-8(4-6)10-5-9-7;1-6-4-2-3-5-7(6)8;1-7-5-3-2-4-6-7/h5-8H,3-4,9H2,1-2H3;5-8H,1-4H3;4,10H,1,5-7H2,2-3H3;4-6H,1-3H3;2-8H,1H3;2-4H,5H2,1H3;2-5,8H,1H3;2-6H,1H3/b;;;;6-2+;;;/t;;10-;;;;;/m..1...../s1. The van der Waals surface area contributed by atoms with E-state index in [1.165, 1.54) is 81.3 Å². The van der Waals surface area contributed by atoms with Crippen LogP contribution in [-0.2, 0) is 5.41 Å². The fourth-order valence-corrected chi connectivity index (χ4v) is 7.18. The van der Waals surface area contributed by atoms with Crippen LogP contribution in [0.3, 0.4) is 0 Å². The molecule has 1 N–H and O–H groups in total. The van der Waals surface area contributed by atoms with Crippen LogP contribution in [-0.4, -0.2) is 18.5 Å². The highest BCUT2D eigenvalue weighted by molar-refractivity contribution is 5.48. The van der Waals surface area contributed by atoms with Gasteiger partial charge in [0.2, 0.25) is 6.79 Å². The van der Waals surface area contributed by atoms with Crippen molar-refractivity contribution >= 4 is 6.08 Å². The number of aryl methyl sites for hydroxylation is 8. The lowest BCUT2D eigenvalue weighted by atomic mass is 9.86. The molecule has 7 aromatic carbocycles. The molecular weight excluding hydrogens is 929 g/mol. The van der Waals surface area contributed by atoms with Gasteiger partial charge in [0.25, 0.3) is 0 Å². The second-order valence-electron chi connectivity index (χ2n) is 20.8. The molecule has 76 heavy (non-hydrogen) atoms. The Bertz CT molecular complexity index is 2680. The maximum atomic E-state index is 8.92. The second kappa shape index (κ2) is 36.8. The minimum absolute atomic E-state index is 0.285. The van der Waals surface area contributed by atoms with E-state index in [9.17, 15) is 0 Å². The lowest BCUT2D eigenvalue weighted by Gasteiger charge is -2.19. The SMILES string of the molecule is C/C=C/c1ccccc1.C=C(C)[C@@H]1CC=C(C)CC1.CCCCOc1ccc(C)cc1.Cc1ccc(C(C)(C)C)cc1.Cc1ccc(C)c(C)c1.Cc1ccc2c(c1)OCO2.Cc1ccccc1.Cc1ccccc1O. The highest BCUT2D eigenvalue weighted by atomic mass is 16.7. The zero-order valence-corrected chi connectivity index (χ0v) is 49.3. The van der Waals surface area contributed by atoms with Crippen molar-refractivity contribution in [1.82, 2.24) is 0 Å². The lowest BCUT2D eigenvalue weighted by molar-refractivity contribution is 0.174. The molecule has 7 aromatic rings. The monoisotopic (exact) mass is 1020 g/mol. The van der Waals surface area contributed by atoms with Crippen molar-refractivity contribution in [3.63, 3.8) is 0 Å². The van der Waals surface area contributed by atoms with Crippen LogP contribution in [0.2, 0.25) is 0 Å². The average Bonchev–Trinajstić information content (AvgIpc) is 3.87. The van der Waals surface area contributed by atoms with Crippen LogP contribution in [0.25, 0.3) is 6.08 Å². The third-order valence-electron chi connectivity index (χ3n) is 12.4. The number of rotatable bonds is 6. The van der Waals surface area contributed by atoms with Gasteiger partial charge in [-0.25, -0.2) is 0 Å². The molecule has 406 valence electrons. The van der Waals surface area contributed by atoms with Crippen molar-refractivity contribution in [2.45, 2.75) is 141 Å². The summed E-state index contributed by atoms with van der Waals surface area (Å²) < 4.78 is 15.8. The van der Waals surface area contributed by atoms with Crippen LogP contribution >= 0.6 is 0 Å². The van der Waals surface area contributed by atoms with E-state index in [0.717, 1.165) is 41.8 Å². The van der Waals surface area contributed by atoms with E-state index in [0.29, 0.717) is 12.5 Å². The number of fused-ring (bicyclic) bond motifs is 1. The predicted octanol–water partition coefficient (Wildman–Crippen LogP) is 20.5. The first-order chi connectivity index (χ1) is 36.2. The Labute approximate surface area is 462 Å². The van der Waals surface area contributed by atoms with Gasteiger partial charge >= 0.3 is 0 Å². The fraction of sp³-hybridized carbons (Fsp3) is 0.333. The van der Waals surface area contributed by atoms with E-state index >= 15 is 0 Å². The summed E-state index contributed by atoms with van der Waals surface area (Å²) >= 11 is 0. The molecule has 1 atom stereocenters. The van der Waals surface area contributed by atoms with Crippen LogP contribution in [0, 0.1) is 61.3 Å². The Kier molecular flexibility index (Phi) is 31.5. The minimum Gasteiger partial charge on any atom is -0.508 e. The number of hydrogen-bond donors (Lipinski definition) is 1. The Morgan fingerprint density at radius 2 is 1.13 bits per heavy atom. The number of ether oxygens (including phenoxy) is 3. The average molecular weight is 1020 g/mol.